The standard InChI is InChI=1S/C30H28Br2N6O6S/c1-45(43)35-11-4-10-33-12-13-34-28(40)26(19-20-17-23(31)27(39)24(32)18-20)44-30(42)37-14-8-22(9-15-37)38-16-7-21-5-2-3-6-25(21)36-29(38)41/h2-3,5-6,10,17-18,22,26,39H,7-9,14-16,19H2,1H3,(H,36,41)/t26-,45?/m1/s1. The molecular weight excluding hydrogens is 732 g/mol. The number of amides is 4. The van der Waals surface area contributed by atoms with E-state index in [9.17, 15) is 24.0 Å². The van der Waals surface area contributed by atoms with E-state index in [1.165, 1.54) is 11.2 Å². The molecule has 15 heteroatoms. The Morgan fingerprint density at radius 1 is 1.18 bits per heavy atom. The maximum atomic E-state index is 13.2. The Bertz CT molecular complexity index is 1630. The molecule has 0 radical (unpaired) electrons. The van der Waals surface area contributed by atoms with Crippen molar-refractivity contribution in [2.75, 3.05) is 31.2 Å². The highest BCUT2D eigenvalue weighted by Crippen LogP contribution is 2.34. The van der Waals surface area contributed by atoms with Crippen molar-refractivity contribution >= 4 is 84.6 Å². The number of rotatable bonds is 7. The number of anilines is 1. The van der Waals surface area contributed by atoms with Gasteiger partial charge < -0.3 is 29.5 Å². The molecule has 4 amide bonds. The number of carbonyl (C=O) groups is 3. The van der Waals surface area contributed by atoms with Gasteiger partial charge in [-0.15, -0.1) is 0 Å². The Morgan fingerprint density at radius 3 is 2.60 bits per heavy atom. The molecule has 2 aromatic carbocycles. The van der Waals surface area contributed by atoms with Crippen LogP contribution in [0, 0.1) is 0 Å². The quantitative estimate of drug-likeness (QED) is 0.239. The summed E-state index contributed by atoms with van der Waals surface area (Å²) in [5, 5.41) is 13.1. The molecule has 1 saturated heterocycles. The van der Waals surface area contributed by atoms with E-state index in [-0.39, 0.29) is 24.2 Å². The number of hydrogen-bond acceptors (Lipinski definition) is 8. The summed E-state index contributed by atoms with van der Waals surface area (Å²) in [6, 6.07) is 10.7. The van der Waals surface area contributed by atoms with Crippen LogP contribution in [0.3, 0.4) is 0 Å². The largest absolute Gasteiger partial charge is 0.591 e. The molecule has 2 aliphatic heterocycles. The molecule has 2 aromatic rings. The van der Waals surface area contributed by atoms with Gasteiger partial charge in [-0.25, -0.2) is 9.59 Å². The van der Waals surface area contributed by atoms with Crippen LogP contribution in [0.25, 0.3) is 0 Å². The van der Waals surface area contributed by atoms with Gasteiger partial charge in [0.25, 0.3) is 5.91 Å². The highest BCUT2D eigenvalue weighted by molar-refractivity contribution is 9.11. The first-order chi connectivity index (χ1) is 21.6. The van der Waals surface area contributed by atoms with Crippen LogP contribution in [-0.2, 0) is 33.7 Å². The van der Waals surface area contributed by atoms with Crippen LogP contribution >= 0.6 is 31.9 Å². The molecule has 0 bridgehead atoms. The zero-order valence-electron chi connectivity index (χ0n) is 24.0. The number of likely N-dealkylation sites (tertiary alicyclic amines) is 1. The van der Waals surface area contributed by atoms with E-state index in [0.717, 1.165) is 23.9 Å². The number of urea groups is 1. The van der Waals surface area contributed by atoms with Crippen molar-refractivity contribution in [3.8, 4) is 5.75 Å². The minimum absolute atomic E-state index is 0.0158. The number of phenolic OH excluding ortho intramolecular Hbond substituents is 1. The second-order valence-corrected chi connectivity index (χ2v) is 12.7. The molecule has 1 unspecified atom stereocenters. The minimum Gasteiger partial charge on any atom is -0.591 e. The van der Waals surface area contributed by atoms with E-state index in [1.807, 2.05) is 29.2 Å². The zero-order valence-corrected chi connectivity index (χ0v) is 28.0. The van der Waals surface area contributed by atoms with E-state index in [0.29, 0.717) is 47.0 Å². The van der Waals surface area contributed by atoms with Crippen molar-refractivity contribution < 1.29 is 28.8 Å². The lowest BCUT2D eigenvalue weighted by molar-refractivity contribution is -0.126. The molecule has 12 nitrogen and oxygen atoms in total. The number of aliphatic imine (C=N–C) groups is 2. The fourth-order valence-corrected chi connectivity index (χ4v) is 6.25. The number of aromatic hydroxyl groups is 1. The van der Waals surface area contributed by atoms with Gasteiger partial charge in [-0.1, -0.05) is 18.2 Å². The Balaban J connectivity index is 1.43. The number of fused-ring (bicyclic) bond motifs is 1. The van der Waals surface area contributed by atoms with Crippen LogP contribution in [0.15, 0.2) is 71.7 Å². The molecule has 0 aliphatic carbocycles. The first kappa shape index (κ1) is 34.0. The molecular formula is C30H28Br2N6O6S. The van der Waals surface area contributed by atoms with Crippen LogP contribution in [-0.4, -0.2) is 93.1 Å². The van der Waals surface area contributed by atoms with Crippen molar-refractivity contribution in [3.63, 3.8) is 0 Å². The summed E-state index contributed by atoms with van der Waals surface area (Å²) in [5.74, 6) is 6.01. The van der Waals surface area contributed by atoms with Gasteiger partial charge in [-0.05, 0) is 90.6 Å². The van der Waals surface area contributed by atoms with Gasteiger partial charge in [0.05, 0.1) is 32.8 Å². The number of nitrogens with zero attached hydrogens (tertiary/aromatic N) is 5. The van der Waals surface area contributed by atoms with Crippen molar-refractivity contribution in [2.45, 2.75) is 37.8 Å². The molecule has 2 atom stereocenters. The van der Waals surface area contributed by atoms with E-state index < -0.39 is 29.5 Å². The highest BCUT2D eigenvalue weighted by atomic mass is 79.9. The number of halogens is 2. The molecule has 0 spiro atoms. The fourth-order valence-electron chi connectivity index (χ4n) is 4.79. The summed E-state index contributed by atoms with van der Waals surface area (Å²) >= 11 is 5.12. The smallest absolute Gasteiger partial charge is 0.410 e. The van der Waals surface area contributed by atoms with E-state index in [2.05, 4.69) is 74.9 Å². The minimum atomic E-state index is -1.42. The SMILES string of the molecule is C[S+]([O-])N=C=C=CN=C=C=NC(=O)[C@@H](Cc1cc(Br)c(O)c(Br)c1)OC(=O)N1CCC(N2CCc3ccccc3NC2=O)CC1. The Labute approximate surface area is 279 Å². The summed E-state index contributed by atoms with van der Waals surface area (Å²) in [6.45, 7) is 1.24. The molecule has 0 aromatic heterocycles. The summed E-state index contributed by atoms with van der Waals surface area (Å²) in [7, 11) is 0. The predicted molar refractivity (Wildman–Crippen MR) is 177 cm³/mol. The third kappa shape index (κ3) is 9.80. The molecule has 45 heavy (non-hydrogen) atoms. The normalized spacial score (nSPS) is 15.8. The van der Waals surface area contributed by atoms with Crippen LogP contribution in [0.4, 0.5) is 15.3 Å². The van der Waals surface area contributed by atoms with Gasteiger partial charge >= 0.3 is 12.1 Å². The summed E-state index contributed by atoms with van der Waals surface area (Å²) < 4.78 is 20.7. The third-order valence-corrected chi connectivity index (χ3v) is 8.53. The maximum Gasteiger partial charge on any atom is 0.410 e. The first-order valence-corrected chi connectivity index (χ1v) is 16.8. The lowest BCUT2D eigenvalue weighted by Crippen LogP contribution is -2.50. The number of carbonyl (C=O) groups excluding carboxylic acids is 3. The van der Waals surface area contributed by atoms with Crippen LogP contribution < -0.4 is 5.32 Å². The van der Waals surface area contributed by atoms with Gasteiger partial charge in [0, 0.05) is 37.8 Å². The molecule has 0 saturated carbocycles. The van der Waals surface area contributed by atoms with Crippen molar-refractivity contribution in [1.29, 1.82) is 0 Å². The molecule has 2 aliphatic rings. The number of piperidine rings is 1. The third-order valence-electron chi connectivity index (χ3n) is 6.97. The van der Waals surface area contributed by atoms with E-state index >= 15 is 0 Å². The second-order valence-electron chi connectivity index (χ2n) is 9.94. The summed E-state index contributed by atoms with van der Waals surface area (Å²) in [5.41, 5.74) is 4.88. The van der Waals surface area contributed by atoms with Gasteiger partial charge in [-0.2, -0.15) is 9.98 Å². The van der Waals surface area contributed by atoms with Crippen LogP contribution in [0.5, 0.6) is 5.75 Å². The fraction of sp³-hybridized carbons (Fsp3) is 0.333. The topological polar surface area (TPSA) is 159 Å². The monoisotopic (exact) mass is 758 g/mol. The average Bonchev–Trinajstić information content (AvgIpc) is 3.18. The highest BCUT2D eigenvalue weighted by Gasteiger charge is 2.33. The number of benzene rings is 2. The number of para-hydroxylation sites is 1. The van der Waals surface area contributed by atoms with Crippen molar-refractivity contribution in [3.05, 3.63) is 68.4 Å². The number of hydrogen-bond donors (Lipinski definition) is 2. The van der Waals surface area contributed by atoms with Gasteiger partial charge in [0.15, 0.2) is 6.10 Å². The van der Waals surface area contributed by atoms with Crippen LogP contribution in [0.1, 0.15) is 24.0 Å². The Morgan fingerprint density at radius 2 is 1.89 bits per heavy atom. The molecule has 2 heterocycles. The van der Waals surface area contributed by atoms with Gasteiger partial charge in [-0.3, -0.25) is 4.79 Å². The maximum absolute atomic E-state index is 13.2. The molecule has 4 rings (SSSR count). The first-order valence-electron chi connectivity index (χ1n) is 13.7. The van der Waals surface area contributed by atoms with Gasteiger partial charge in [0.1, 0.15) is 23.4 Å². The van der Waals surface area contributed by atoms with E-state index in [4.69, 9.17) is 4.74 Å². The molecule has 2 N–H and O–H groups in total. The van der Waals surface area contributed by atoms with Crippen LogP contribution in [0.2, 0.25) is 0 Å². The lowest BCUT2D eigenvalue weighted by Gasteiger charge is -2.37. The number of nitrogens with one attached hydrogen (secondary N) is 1. The lowest BCUT2D eigenvalue weighted by atomic mass is 10.0. The molecule has 1 fully saturated rings. The number of ether oxygens (including phenoxy) is 1. The predicted octanol–water partition coefficient (Wildman–Crippen LogP) is 4.57. The van der Waals surface area contributed by atoms with Gasteiger partial charge in [0.2, 0.25) is 0 Å². The second kappa shape index (κ2) is 16.4. The van der Waals surface area contributed by atoms with E-state index in [1.54, 1.807) is 12.1 Å². The van der Waals surface area contributed by atoms with Crippen molar-refractivity contribution in [2.24, 2.45) is 14.4 Å². The molecule has 234 valence electrons. The number of phenols is 1. The van der Waals surface area contributed by atoms with Crippen molar-refractivity contribution in [1.82, 2.24) is 9.80 Å². The Hall–Kier alpha value is -3.89. The summed E-state index contributed by atoms with van der Waals surface area (Å²) in [6.07, 6.45) is 2.27. The zero-order chi connectivity index (χ0) is 32.3. The Kier molecular flexibility index (Phi) is 12.4. The average molecular weight is 760 g/mol. The summed E-state index contributed by atoms with van der Waals surface area (Å²) in [4.78, 5) is 49.9.